The lowest BCUT2D eigenvalue weighted by Gasteiger charge is -2.34. The van der Waals surface area contributed by atoms with E-state index < -0.39 is 0 Å². The van der Waals surface area contributed by atoms with Gasteiger partial charge in [0.25, 0.3) is 0 Å². The van der Waals surface area contributed by atoms with E-state index in [4.69, 9.17) is 28.3 Å². The molecule has 0 atom stereocenters. The molecule has 0 unspecified atom stereocenters. The van der Waals surface area contributed by atoms with Crippen molar-refractivity contribution in [1.82, 2.24) is 19.9 Å². The van der Waals surface area contributed by atoms with Crippen molar-refractivity contribution in [3.05, 3.63) is 170 Å². The number of fused-ring (bicyclic) bond motifs is 9. The van der Waals surface area contributed by atoms with E-state index in [-0.39, 0.29) is 0 Å². The highest BCUT2D eigenvalue weighted by molar-refractivity contribution is 6.19. The molecule has 0 saturated carbocycles. The summed E-state index contributed by atoms with van der Waals surface area (Å²) < 4.78 is 25.8. The predicted molar refractivity (Wildman–Crippen MR) is 233 cm³/mol. The number of nitrogens with zero attached hydrogens (tertiary/aromatic N) is 6. The van der Waals surface area contributed by atoms with Crippen molar-refractivity contribution < 1.29 is 18.3 Å². The molecule has 0 aliphatic carbocycles. The van der Waals surface area contributed by atoms with Crippen LogP contribution in [0.5, 0.6) is 23.0 Å². The lowest BCUT2D eigenvalue weighted by Crippen LogP contribution is -2.16. The first-order valence-electron chi connectivity index (χ1n) is 19.5. The average molecular weight is 777 g/mol. The van der Waals surface area contributed by atoms with Crippen LogP contribution in [0.4, 0.5) is 34.1 Å². The van der Waals surface area contributed by atoms with Gasteiger partial charge >= 0.3 is 0 Å². The summed E-state index contributed by atoms with van der Waals surface area (Å²) in [5.74, 6) is 3.91. The van der Waals surface area contributed by atoms with E-state index in [0.717, 1.165) is 89.8 Å². The monoisotopic (exact) mass is 776 g/mol. The number of para-hydroxylation sites is 8. The molecule has 2 aliphatic rings. The summed E-state index contributed by atoms with van der Waals surface area (Å²) in [4.78, 5) is 23.4. The molecule has 4 aromatic heterocycles. The Morgan fingerprint density at radius 3 is 1.12 bits per heavy atom. The first-order chi connectivity index (χ1) is 29.7. The molecule has 2 aliphatic heterocycles. The molecule has 11 aromatic rings. The Balaban J connectivity index is 1.16. The number of benzene rings is 7. The average Bonchev–Trinajstić information content (AvgIpc) is 3.95. The van der Waals surface area contributed by atoms with Crippen LogP contribution >= 0.6 is 0 Å². The number of anilines is 6. The van der Waals surface area contributed by atoms with Crippen molar-refractivity contribution in [1.29, 1.82) is 0 Å². The SMILES string of the molecule is c1ccc2c(c1)Oc1ccccc1N2c1cc(-c2nc3cccnc3o2)cc2c1ccc1c(N3c4ccccc4Oc4ccccc43)cc(-c3nc4cccnc4o3)cc12. The standard InChI is InChI=1S/C50H28N6O4/c1-5-17-43-37(13-1)55(38-14-2-6-18-44(38)57-43)41-27-29(47-53-35-11-9-23-51-49(35)59-47)25-33-31(41)21-22-32-34(33)26-30(48-54-36-12-10-24-52-50(36)60-48)28-42(32)56-39-15-3-7-19-45(39)58-46-20-8-4-16-40(46)56/h1-28H. The largest absolute Gasteiger partial charge is 0.453 e. The number of hydrogen-bond donors (Lipinski definition) is 0. The molecule has 13 rings (SSSR count). The third-order valence-corrected chi connectivity index (χ3v) is 11.2. The maximum atomic E-state index is 6.48. The topological polar surface area (TPSA) is 103 Å². The molecule has 10 heteroatoms. The van der Waals surface area contributed by atoms with Crippen LogP contribution in [0, 0.1) is 0 Å². The van der Waals surface area contributed by atoms with Gasteiger partial charge < -0.3 is 28.1 Å². The van der Waals surface area contributed by atoms with Gasteiger partial charge in [0, 0.05) is 34.3 Å². The highest BCUT2D eigenvalue weighted by Gasteiger charge is 2.31. The van der Waals surface area contributed by atoms with Gasteiger partial charge in [0.1, 0.15) is 11.0 Å². The highest BCUT2D eigenvalue weighted by atomic mass is 16.5. The Labute approximate surface area is 341 Å². The van der Waals surface area contributed by atoms with Gasteiger partial charge in [0.2, 0.25) is 23.2 Å². The maximum absolute atomic E-state index is 6.48. The van der Waals surface area contributed by atoms with E-state index >= 15 is 0 Å². The van der Waals surface area contributed by atoms with Crippen LogP contribution < -0.4 is 19.3 Å². The molecular weight excluding hydrogens is 749 g/mol. The van der Waals surface area contributed by atoms with Crippen LogP contribution in [-0.2, 0) is 0 Å². The Morgan fingerprint density at radius 1 is 0.350 bits per heavy atom. The van der Waals surface area contributed by atoms with Crippen LogP contribution in [0.25, 0.3) is 66.9 Å². The highest BCUT2D eigenvalue weighted by Crippen LogP contribution is 2.55. The molecule has 6 heterocycles. The lowest BCUT2D eigenvalue weighted by atomic mass is 9.94. The minimum absolute atomic E-state index is 0.455. The summed E-state index contributed by atoms with van der Waals surface area (Å²) in [6.07, 6.45) is 3.43. The van der Waals surface area contributed by atoms with Crippen LogP contribution in [-0.4, -0.2) is 19.9 Å². The number of oxazole rings is 2. The second-order valence-electron chi connectivity index (χ2n) is 14.7. The Morgan fingerprint density at radius 2 is 0.733 bits per heavy atom. The van der Waals surface area contributed by atoms with E-state index in [1.54, 1.807) is 12.4 Å². The fraction of sp³-hybridized carbons (Fsp3) is 0. The zero-order valence-electron chi connectivity index (χ0n) is 31.5. The smallest absolute Gasteiger partial charge is 0.247 e. The molecule has 10 nitrogen and oxygen atoms in total. The van der Waals surface area contributed by atoms with Gasteiger partial charge in [0.05, 0.1) is 34.1 Å². The first kappa shape index (κ1) is 32.6. The molecule has 7 aromatic carbocycles. The van der Waals surface area contributed by atoms with Crippen molar-refractivity contribution in [3.63, 3.8) is 0 Å². The Kier molecular flexibility index (Phi) is 6.78. The normalized spacial score (nSPS) is 12.9. The van der Waals surface area contributed by atoms with E-state index in [1.807, 2.05) is 97.1 Å². The van der Waals surface area contributed by atoms with Crippen molar-refractivity contribution in [2.24, 2.45) is 0 Å². The second kappa shape index (κ2) is 12.5. The minimum Gasteiger partial charge on any atom is -0.453 e. The van der Waals surface area contributed by atoms with Crippen LogP contribution in [0.2, 0.25) is 0 Å². The minimum atomic E-state index is 0.455. The number of rotatable bonds is 4. The summed E-state index contributed by atoms with van der Waals surface area (Å²) in [7, 11) is 0. The number of ether oxygens (including phenoxy) is 2. The van der Waals surface area contributed by atoms with Crippen molar-refractivity contribution >= 4 is 78.1 Å². The Hall–Kier alpha value is -8.50. The molecule has 0 bridgehead atoms. The third kappa shape index (κ3) is 4.88. The summed E-state index contributed by atoms with van der Waals surface area (Å²) in [6.45, 7) is 0. The fourth-order valence-corrected chi connectivity index (χ4v) is 8.57. The lowest BCUT2D eigenvalue weighted by molar-refractivity contribution is 0.477. The fourth-order valence-electron chi connectivity index (χ4n) is 8.57. The van der Waals surface area contributed by atoms with Crippen LogP contribution in [0.15, 0.2) is 179 Å². The second-order valence-corrected chi connectivity index (χ2v) is 14.7. The maximum Gasteiger partial charge on any atom is 0.247 e. The van der Waals surface area contributed by atoms with E-state index in [1.165, 1.54) is 0 Å². The summed E-state index contributed by atoms with van der Waals surface area (Å²) in [5, 5.41) is 3.92. The van der Waals surface area contributed by atoms with E-state index in [9.17, 15) is 0 Å². The van der Waals surface area contributed by atoms with Crippen LogP contribution in [0.3, 0.4) is 0 Å². The third-order valence-electron chi connectivity index (χ3n) is 11.2. The van der Waals surface area contributed by atoms with E-state index in [2.05, 4.69) is 80.4 Å². The molecule has 0 spiro atoms. The number of hydrogen-bond acceptors (Lipinski definition) is 10. The molecule has 0 fully saturated rings. The molecule has 0 N–H and O–H groups in total. The molecular formula is C50H28N6O4. The summed E-state index contributed by atoms with van der Waals surface area (Å²) >= 11 is 0. The van der Waals surface area contributed by atoms with E-state index in [0.29, 0.717) is 34.2 Å². The zero-order valence-corrected chi connectivity index (χ0v) is 31.5. The molecule has 0 amide bonds. The van der Waals surface area contributed by atoms with Crippen molar-refractivity contribution in [2.75, 3.05) is 9.80 Å². The molecule has 0 radical (unpaired) electrons. The Bertz CT molecular complexity index is 3170. The van der Waals surface area contributed by atoms with Crippen molar-refractivity contribution in [3.8, 4) is 45.9 Å². The van der Waals surface area contributed by atoms with Gasteiger partial charge in [-0.2, -0.15) is 0 Å². The molecule has 282 valence electrons. The predicted octanol–water partition coefficient (Wildman–Crippen LogP) is 13.6. The zero-order chi connectivity index (χ0) is 39.3. The van der Waals surface area contributed by atoms with Gasteiger partial charge in [-0.05, 0) is 108 Å². The summed E-state index contributed by atoms with van der Waals surface area (Å²) in [5.41, 5.74) is 9.31. The van der Waals surface area contributed by atoms with Crippen molar-refractivity contribution in [2.45, 2.75) is 0 Å². The van der Waals surface area contributed by atoms with Crippen LogP contribution in [0.1, 0.15) is 0 Å². The van der Waals surface area contributed by atoms with Gasteiger partial charge in [-0.25, -0.2) is 19.9 Å². The first-order valence-corrected chi connectivity index (χ1v) is 19.5. The molecule has 60 heavy (non-hydrogen) atoms. The van der Waals surface area contributed by atoms with Gasteiger partial charge in [-0.1, -0.05) is 60.7 Å². The quantitative estimate of drug-likeness (QED) is 0.160. The van der Waals surface area contributed by atoms with Gasteiger partial charge in [0.15, 0.2) is 23.0 Å². The number of aromatic nitrogens is 4. The summed E-state index contributed by atoms with van der Waals surface area (Å²) in [6, 6.07) is 53.0. The van der Waals surface area contributed by atoms with Gasteiger partial charge in [-0.15, -0.1) is 0 Å². The number of pyridine rings is 2. The van der Waals surface area contributed by atoms with Gasteiger partial charge in [-0.3, -0.25) is 0 Å². The molecule has 0 saturated heterocycles.